The van der Waals surface area contributed by atoms with E-state index < -0.39 is 0 Å². The molecule has 0 atom stereocenters. The van der Waals surface area contributed by atoms with Crippen molar-refractivity contribution in [3.05, 3.63) is 58.7 Å². The molecule has 1 aromatic carbocycles. The van der Waals surface area contributed by atoms with Crippen molar-refractivity contribution >= 4 is 23.3 Å². The number of nitrogens with one attached hydrogen (secondary N) is 1. The first-order valence-electron chi connectivity index (χ1n) is 5.61. The minimum Gasteiger partial charge on any atom is -0.309 e. The van der Waals surface area contributed by atoms with Crippen molar-refractivity contribution in [1.29, 1.82) is 0 Å². The maximum atomic E-state index is 11.9. The first-order valence-corrected chi connectivity index (χ1v) is 5.99. The third kappa shape index (κ3) is 3.08. The fourth-order valence-electron chi connectivity index (χ4n) is 1.64. The van der Waals surface area contributed by atoms with Gasteiger partial charge >= 0.3 is 0 Å². The van der Waals surface area contributed by atoms with Gasteiger partial charge in [0.05, 0.1) is 11.4 Å². The molecule has 18 heavy (non-hydrogen) atoms. The van der Waals surface area contributed by atoms with Gasteiger partial charge in [0.25, 0.3) is 0 Å². The van der Waals surface area contributed by atoms with Gasteiger partial charge in [0.1, 0.15) is 0 Å². The largest absolute Gasteiger partial charge is 0.309 e. The second-order valence-corrected chi connectivity index (χ2v) is 4.39. The minimum absolute atomic E-state index is 0.120. The zero-order chi connectivity index (χ0) is 13.0. The highest BCUT2D eigenvalue weighted by atomic mass is 35.5. The van der Waals surface area contributed by atoms with Crippen molar-refractivity contribution in [2.75, 3.05) is 5.32 Å². The fourth-order valence-corrected chi connectivity index (χ4v) is 1.80. The number of amides is 1. The molecule has 0 unspecified atom stereocenters. The first-order chi connectivity index (χ1) is 8.66. The number of pyridine rings is 1. The number of hydrogen-bond donors (Lipinski definition) is 1. The van der Waals surface area contributed by atoms with Crippen LogP contribution in [0.25, 0.3) is 0 Å². The van der Waals surface area contributed by atoms with Gasteiger partial charge in [-0.2, -0.15) is 0 Å². The maximum Gasteiger partial charge on any atom is 0.229 e. The summed E-state index contributed by atoms with van der Waals surface area (Å²) in [6.07, 6.45) is 1.91. The van der Waals surface area contributed by atoms with E-state index in [-0.39, 0.29) is 5.91 Å². The monoisotopic (exact) mass is 260 g/mol. The molecule has 2 aromatic rings. The number of benzene rings is 1. The number of anilines is 1. The molecule has 3 nitrogen and oxygen atoms in total. The lowest BCUT2D eigenvalue weighted by Crippen LogP contribution is -2.16. The molecule has 0 bridgehead atoms. The van der Waals surface area contributed by atoms with Crippen LogP contribution in [0.2, 0.25) is 5.02 Å². The molecule has 0 fully saturated rings. The van der Waals surface area contributed by atoms with E-state index >= 15 is 0 Å². The summed E-state index contributed by atoms with van der Waals surface area (Å²) in [4.78, 5) is 15.9. The zero-order valence-corrected chi connectivity index (χ0v) is 10.7. The standard InChI is InChI=1S/C14H13ClN2O/c1-10-5-2-3-6-11(10)9-13(18)17-14-12(15)7-4-8-16-14/h2-8H,9H2,1H3,(H,16,17,18). The molecule has 0 aliphatic heterocycles. The number of hydrogen-bond acceptors (Lipinski definition) is 2. The van der Waals surface area contributed by atoms with E-state index in [1.54, 1.807) is 18.3 Å². The van der Waals surface area contributed by atoms with Gasteiger partial charge in [-0.15, -0.1) is 0 Å². The second kappa shape index (κ2) is 5.65. The van der Waals surface area contributed by atoms with Crippen molar-refractivity contribution in [1.82, 2.24) is 4.98 Å². The van der Waals surface area contributed by atoms with E-state index in [1.165, 1.54) is 0 Å². The molecule has 92 valence electrons. The number of nitrogens with zero attached hydrogens (tertiary/aromatic N) is 1. The molecule has 1 heterocycles. The van der Waals surface area contributed by atoms with Gasteiger partial charge in [-0.3, -0.25) is 4.79 Å². The lowest BCUT2D eigenvalue weighted by molar-refractivity contribution is -0.115. The Balaban J connectivity index is 2.06. The third-order valence-electron chi connectivity index (χ3n) is 2.63. The molecule has 1 N–H and O–H groups in total. The highest BCUT2D eigenvalue weighted by Crippen LogP contribution is 2.17. The summed E-state index contributed by atoms with van der Waals surface area (Å²) in [7, 11) is 0. The van der Waals surface area contributed by atoms with Gasteiger partial charge < -0.3 is 5.32 Å². The second-order valence-electron chi connectivity index (χ2n) is 3.99. The first kappa shape index (κ1) is 12.6. The lowest BCUT2D eigenvalue weighted by Gasteiger charge is -2.07. The summed E-state index contributed by atoms with van der Waals surface area (Å²) in [6.45, 7) is 1.98. The van der Waals surface area contributed by atoms with Crippen LogP contribution in [0.1, 0.15) is 11.1 Å². The molecule has 1 amide bonds. The predicted molar refractivity (Wildman–Crippen MR) is 72.8 cm³/mol. The lowest BCUT2D eigenvalue weighted by atomic mass is 10.1. The Hall–Kier alpha value is -1.87. The molecule has 0 aliphatic rings. The summed E-state index contributed by atoms with van der Waals surface area (Å²) >= 11 is 5.93. The highest BCUT2D eigenvalue weighted by Gasteiger charge is 2.08. The van der Waals surface area contributed by atoms with Gasteiger partial charge in [0.15, 0.2) is 5.82 Å². The molecule has 0 spiro atoms. The van der Waals surface area contributed by atoms with E-state index in [9.17, 15) is 4.79 Å². The Bertz CT molecular complexity index is 520. The third-order valence-corrected chi connectivity index (χ3v) is 2.93. The molecule has 0 radical (unpaired) electrons. The van der Waals surface area contributed by atoms with Gasteiger partial charge in [0.2, 0.25) is 5.91 Å². The van der Waals surface area contributed by atoms with Crippen molar-refractivity contribution in [2.24, 2.45) is 0 Å². The molecule has 0 aliphatic carbocycles. The summed E-state index contributed by atoms with van der Waals surface area (Å²) < 4.78 is 0. The van der Waals surface area contributed by atoms with Crippen LogP contribution in [0.4, 0.5) is 5.82 Å². The number of carbonyl (C=O) groups is 1. The van der Waals surface area contributed by atoms with Crippen LogP contribution in [-0.4, -0.2) is 10.9 Å². The summed E-state index contributed by atoms with van der Waals surface area (Å²) in [5.74, 6) is 0.280. The van der Waals surface area contributed by atoms with Gasteiger partial charge in [0, 0.05) is 6.20 Å². The Labute approximate surface area is 111 Å². The molecule has 0 saturated carbocycles. The molecular formula is C14H13ClN2O. The normalized spacial score (nSPS) is 10.1. The van der Waals surface area contributed by atoms with Crippen LogP contribution in [0, 0.1) is 6.92 Å². The van der Waals surface area contributed by atoms with Crippen molar-refractivity contribution in [2.45, 2.75) is 13.3 Å². The SMILES string of the molecule is Cc1ccccc1CC(=O)Nc1ncccc1Cl. The molecule has 0 saturated heterocycles. The van der Waals surface area contributed by atoms with Crippen LogP contribution in [0.5, 0.6) is 0 Å². The molecule has 4 heteroatoms. The molecular weight excluding hydrogens is 248 g/mol. The Morgan fingerprint density at radius 1 is 1.28 bits per heavy atom. The zero-order valence-electron chi connectivity index (χ0n) is 9.98. The van der Waals surface area contributed by atoms with Crippen LogP contribution in [0.3, 0.4) is 0 Å². The van der Waals surface area contributed by atoms with Crippen LogP contribution < -0.4 is 5.32 Å². The van der Waals surface area contributed by atoms with Crippen LogP contribution >= 0.6 is 11.6 Å². The average molecular weight is 261 g/mol. The van der Waals surface area contributed by atoms with E-state index in [2.05, 4.69) is 10.3 Å². The van der Waals surface area contributed by atoms with Gasteiger partial charge in [-0.05, 0) is 30.2 Å². The van der Waals surface area contributed by atoms with Crippen LogP contribution in [0.15, 0.2) is 42.6 Å². The quantitative estimate of drug-likeness (QED) is 0.921. The predicted octanol–water partition coefficient (Wildman–Crippen LogP) is 3.22. The number of halogens is 1. The van der Waals surface area contributed by atoms with Gasteiger partial charge in [-0.1, -0.05) is 35.9 Å². The van der Waals surface area contributed by atoms with Crippen molar-refractivity contribution < 1.29 is 4.79 Å². The summed E-state index contributed by atoms with van der Waals surface area (Å²) in [5.41, 5.74) is 2.10. The van der Waals surface area contributed by atoms with Crippen molar-refractivity contribution in [3.8, 4) is 0 Å². The highest BCUT2D eigenvalue weighted by molar-refractivity contribution is 6.33. The van der Waals surface area contributed by atoms with E-state index in [1.807, 2.05) is 31.2 Å². The molecule has 1 aromatic heterocycles. The molecule has 2 rings (SSSR count). The Kier molecular flexibility index (Phi) is 3.95. The van der Waals surface area contributed by atoms with Crippen LogP contribution in [-0.2, 0) is 11.2 Å². The summed E-state index contributed by atoms with van der Waals surface area (Å²) in [6, 6.07) is 11.2. The number of aryl methyl sites for hydroxylation is 1. The summed E-state index contributed by atoms with van der Waals surface area (Å²) in [5, 5.41) is 3.14. The van der Waals surface area contributed by atoms with E-state index in [0.717, 1.165) is 11.1 Å². The Morgan fingerprint density at radius 2 is 2.06 bits per heavy atom. The average Bonchev–Trinajstić information content (AvgIpc) is 2.35. The number of carbonyl (C=O) groups excluding carboxylic acids is 1. The van der Waals surface area contributed by atoms with Gasteiger partial charge in [-0.25, -0.2) is 4.98 Å². The fraction of sp³-hybridized carbons (Fsp3) is 0.143. The van der Waals surface area contributed by atoms with Crippen molar-refractivity contribution in [3.63, 3.8) is 0 Å². The smallest absolute Gasteiger partial charge is 0.229 e. The maximum absolute atomic E-state index is 11.9. The topological polar surface area (TPSA) is 42.0 Å². The minimum atomic E-state index is -0.120. The number of rotatable bonds is 3. The Morgan fingerprint density at radius 3 is 2.78 bits per heavy atom. The van der Waals surface area contributed by atoms with E-state index in [4.69, 9.17) is 11.6 Å². The van der Waals surface area contributed by atoms with E-state index in [0.29, 0.717) is 17.3 Å². The number of aromatic nitrogens is 1.